The van der Waals surface area contributed by atoms with Crippen LogP contribution in [0.4, 0.5) is 14.9 Å². The lowest BCUT2D eigenvalue weighted by atomic mass is 9.98. The highest BCUT2D eigenvalue weighted by atomic mass is 19.1. The number of carboxylic acid groups (broad SMARTS) is 1. The third kappa shape index (κ3) is 3.87. The van der Waals surface area contributed by atoms with Crippen LogP contribution in [0.2, 0.25) is 0 Å². The van der Waals surface area contributed by atoms with Gasteiger partial charge in [0, 0.05) is 5.92 Å². The monoisotopic (exact) mass is 460 g/mol. The fourth-order valence-electron chi connectivity index (χ4n) is 4.36. The van der Waals surface area contributed by atoms with Gasteiger partial charge in [0.1, 0.15) is 18.0 Å². The number of benzene rings is 3. The van der Waals surface area contributed by atoms with Crippen LogP contribution in [0.1, 0.15) is 40.2 Å². The maximum Gasteiger partial charge on any atom is 0.408 e. The number of hydrogen-bond acceptors (Lipinski definition) is 4. The van der Waals surface area contributed by atoms with E-state index < -0.39 is 29.3 Å². The summed E-state index contributed by atoms with van der Waals surface area (Å²) in [6.45, 7) is 0.114. The number of anilines is 1. The molecule has 0 aromatic heterocycles. The van der Waals surface area contributed by atoms with Crippen molar-refractivity contribution >= 4 is 23.7 Å². The van der Waals surface area contributed by atoms with Gasteiger partial charge in [-0.05, 0) is 53.3 Å². The Balaban J connectivity index is 1.23. The molecule has 0 aliphatic heterocycles. The summed E-state index contributed by atoms with van der Waals surface area (Å²) in [6, 6.07) is 19.2. The molecule has 2 aliphatic rings. The van der Waals surface area contributed by atoms with Crippen molar-refractivity contribution in [3.05, 3.63) is 89.2 Å². The van der Waals surface area contributed by atoms with Crippen molar-refractivity contribution in [2.75, 3.05) is 11.9 Å². The van der Waals surface area contributed by atoms with E-state index in [1.165, 1.54) is 12.1 Å². The lowest BCUT2D eigenvalue weighted by molar-refractivity contribution is -0.119. The predicted molar refractivity (Wildman–Crippen MR) is 122 cm³/mol. The lowest BCUT2D eigenvalue weighted by Crippen LogP contribution is -2.46. The molecule has 2 aliphatic carbocycles. The molecule has 5 rings (SSSR count). The molecule has 0 spiro atoms. The zero-order chi connectivity index (χ0) is 23.9. The minimum absolute atomic E-state index is 0.107. The van der Waals surface area contributed by atoms with E-state index in [9.17, 15) is 18.8 Å². The molecular formula is C26H21FN2O5. The zero-order valence-electron chi connectivity index (χ0n) is 18.0. The normalized spacial score (nSPS) is 15.1. The van der Waals surface area contributed by atoms with Gasteiger partial charge >= 0.3 is 12.1 Å². The van der Waals surface area contributed by atoms with Crippen molar-refractivity contribution < 1.29 is 28.6 Å². The van der Waals surface area contributed by atoms with Gasteiger partial charge in [0.25, 0.3) is 0 Å². The molecule has 2 amide bonds. The third-order valence-corrected chi connectivity index (χ3v) is 6.33. The molecule has 172 valence electrons. The molecule has 8 heteroatoms. The average Bonchev–Trinajstić information content (AvgIpc) is 3.54. The summed E-state index contributed by atoms with van der Waals surface area (Å²) in [4.78, 5) is 36.3. The van der Waals surface area contributed by atoms with Crippen LogP contribution in [0, 0.1) is 5.82 Å². The SMILES string of the molecule is O=C(NC1(C(=O)Nc2ccc(C(=O)O)cc2F)CC1)OCC1c2ccccc2-c2ccccc21. The summed E-state index contributed by atoms with van der Waals surface area (Å²) in [6.07, 6.45) is 0.0478. The topological polar surface area (TPSA) is 105 Å². The number of hydrogen-bond donors (Lipinski definition) is 3. The number of fused-ring (bicyclic) bond motifs is 3. The second-order valence-electron chi connectivity index (χ2n) is 8.49. The highest BCUT2D eigenvalue weighted by Crippen LogP contribution is 2.44. The van der Waals surface area contributed by atoms with Crippen LogP contribution in [-0.4, -0.2) is 35.2 Å². The summed E-state index contributed by atoms with van der Waals surface area (Å²) in [5.74, 6) is -2.83. The van der Waals surface area contributed by atoms with Gasteiger partial charge in [-0.3, -0.25) is 4.79 Å². The van der Waals surface area contributed by atoms with Crippen LogP contribution in [-0.2, 0) is 9.53 Å². The molecule has 0 unspecified atom stereocenters. The van der Waals surface area contributed by atoms with Gasteiger partial charge in [0.05, 0.1) is 11.3 Å². The molecule has 0 atom stereocenters. The summed E-state index contributed by atoms with van der Waals surface area (Å²) in [5, 5.41) is 14.0. The molecule has 34 heavy (non-hydrogen) atoms. The number of halogens is 1. The Hall–Kier alpha value is -4.20. The summed E-state index contributed by atoms with van der Waals surface area (Å²) < 4.78 is 19.7. The number of ether oxygens (including phenoxy) is 1. The van der Waals surface area contributed by atoms with Crippen LogP contribution in [0.25, 0.3) is 11.1 Å². The number of carbonyl (C=O) groups excluding carboxylic acids is 2. The second-order valence-corrected chi connectivity index (χ2v) is 8.49. The maximum atomic E-state index is 14.2. The van der Waals surface area contributed by atoms with Crippen LogP contribution < -0.4 is 10.6 Å². The second kappa shape index (κ2) is 8.30. The average molecular weight is 460 g/mol. The Bertz CT molecular complexity index is 1270. The number of carboxylic acids is 1. The molecule has 0 radical (unpaired) electrons. The first-order valence-electron chi connectivity index (χ1n) is 10.9. The summed E-state index contributed by atoms with van der Waals surface area (Å²) >= 11 is 0. The number of aromatic carboxylic acids is 1. The molecule has 0 bridgehead atoms. The van der Waals surface area contributed by atoms with E-state index in [0.717, 1.165) is 28.3 Å². The van der Waals surface area contributed by atoms with Crippen molar-refractivity contribution in [2.24, 2.45) is 0 Å². The Morgan fingerprint density at radius 2 is 1.59 bits per heavy atom. The van der Waals surface area contributed by atoms with Gasteiger partial charge in [-0.25, -0.2) is 14.0 Å². The zero-order valence-corrected chi connectivity index (χ0v) is 18.0. The molecule has 3 aromatic rings. The van der Waals surface area contributed by atoms with Gasteiger partial charge in [-0.15, -0.1) is 0 Å². The van der Waals surface area contributed by atoms with E-state index in [2.05, 4.69) is 10.6 Å². The van der Waals surface area contributed by atoms with Crippen molar-refractivity contribution in [3.8, 4) is 11.1 Å². The van der Waals surface area contributed by atoms with Gasteiger partial charge < -0.3 is 20.5 Å². The van der Waals surface area contributed by atoms with Crippen LogP contribution in [0.5, 0.6) is 0 Å². The largest absolute Gasteiger partial charge is 0.478 e. The minimum Gasteiger partial charge on any atom is -0.478 e. The van der Waals surface area contributed by atoms with Crippen LogP contribution in [0.15, 0.2) is 66.7 Å². The third-order valence-electron chi connectivity index (χ3n) is 6.33. The Morgan fingerprint density at radius 1 is 0.971 bits per heavy atom. The number of carbonyl (C=O) groups is 3. The smallest absolute Gasteiger partial charge is 0.408 e. The number of alkyl carbamates (subject to hydrolysis) is 1. The fraction of sp³-hybridized carbons (Fsp3) is 0.192. The molecule has 7 nitrogen and oxygen atoms in total. The number of amides is 2. The van der Waals surface area contributed by atoms with E-state index in [1.807, 2.05) is 48.5 Å². The van der Waals surface area contributed by atoms with E-state index in [0.29, 0.717) is 12.8 Å². The number of nitrogens with one attached hydrogen (secondary N) is 2. The Kier molecular flexibility index (Phi) is 5.28. The Labute approximate surface area is 194 Å². The predicted octanol–water partition coefficient (Wildman–Crippen LogP) is 4.53. The van der Waals surface area contributed by atoms with Crippen molar-refractivity contribution in [3.63, 3.8) is 0 Å². The van der Waals surface area contributed by atoms with E-state index in [1.54, 1.807) is 0 Å². The summed E-state index contributed by atoms with van der Waals surface area (Å²) in [7, 11) is 0. The molecule has 1 saturated carbocycles. The van der Waals surface area contributed by atoms with E-state index >= 15 is 0 Å². The molecular weight excluding hydrogens is 439 g/mol. The first kappa shape index (κ1) is 21.6. The molecule has 1 fully saturated rings. The van der Waals surface area contributed by atoms with Gasteiger partial charge in [-0.1, -0.05) is 48.5 Å². The Morgan fingerprint density at radius 3 is 2.15 bits per heavy atom. The molecule has 3 aromatic carbocycles. The molecule has 0 heterocycles. The standard InChI is InChI=1S/C26H21FN2O5/c27-21-13-15(23(30)31)9-10-22(21)28-24(32)26(11-12-26)29-25(33)34-14-20-18-7-3-1-5-16(18)17-6-2-4-8-19(17)20/h1-10,13,20H,11-12,14H2,(H,28,32)(H,29,33)(H,30,31). The van der Waals surface area contributed by atoms with E-state index in [4.69, 9.17) is 9.84 Å². The highest BCUT2D eigenvalue weighted by Gasteiger charge is 2.52. The van der Waals surface area contributed by atoms with Crippen molar-refractivity contribution in [1.82, 2.24) is 5.32 Å². The highest BCUT2D eigenvalue weighted by molar-refractivity contribution is 6.02. The van der Waals surface area contributed by atoms with E-state index in [-0.39, 0.29) is 23.8 Å². The van der Waals surface area contributed by atoms with Crippen LogP contribution in [0.3, 0.4) is 0 Å². The summed E-state index contributed by atoms with van der Waals surface area (Å²) in [5.41, 5.74) is 2.82. The number of rotatable bonds is 6. The first-order chi connectivity index (χ1) is 16.4. The van der Waals surface area contributed by atoms with Crippen LogP contribution >= 0.6 is 0 Å². The van der Waals surface area contributed by atoms with Gasteiger partial charge in [-0.2, -0.15) is 0 Å². The quantitative estimate of drug-likeness (QED) is 0.501. The van der Waals surface area contributed by atoms with Crippen molar-refractivity contribution in [2.45, 2.75) is 24.3 Å². The van der Waals surface area contributed by atoms with Crippen molar-refractivity contribution in [1.29, 1.82) is 0 Å². The van der Waals surface area contributed by atoms with Gasteiger partial charge in [0.15, 0.2) is 0 Å². The lowest BCUT2D eigenvalue weighted by Gasteiger charge is -2.19. The van der Waals surface area contributed by atoms with Gasteiger partial charge in [0.2, 0.25) is 5.91 Å². The minimum atomic E-state index is -1.27. The fourth-order valence-corrected chi connectivity index (χ4v) is 4.36. The first-order valence-corrected chi connectivity index (χ1v) is 10.9. The molecule has 3 N–H and O–H groups in total. The maximum absolute atomic E-state index is 14.2. The molecule has 0 saturated heterocycles.